The first kappa shape index (κ1) is 15.7. The fourth-order valence-corrected chi connectivity index (χ4v) is 3.29. The molecule has 5 nitrogen and oxygen atoms in total. The first-order valence-corrected chi connectivity index (χ1v) is 8.63. The minimum Gasteiger partial charge on any atom is -0.486 e. The van der Waals surface area contributed by atoms with Crippen LogP contribution in [0.25, 0.3) is 4.96 Å². The number of ether oxygens (including phenoxy) is 1. The van der Waals surface area contributed by atoms with Gasteiger partial charge in [-0.1, -0.05) is 35.6 Å². The third kappa shape index (κ3) is 3.36. The summed E-state index contributed by atoms with van der Waals surface area (Å²) in [6.45, 7) is 2.39. The van der Waals surface area contributed by atoms with Crippen molar-refractivity contribution in [3.8, 4) is 5.75 Å². The summed E-state index contributed by atoms with van der Waals surface area (Å²) >= 11 is 1.43. The number of fused-ring (bicyclic) bond motifs is 1. The Morgan fingerprint density at radius 1 is 1.08 bits per heavy atom. The molecule has 0 fully saturated rings. The highest BCUT2D eigenvalue weighted by molar-refractivity contribution is 7.16. The van der Waals surface area contributed by atoms with Gasteiger partial charge in [-0.05, 0) is 42.3 Å². The summed E-state index contributed by atoms with van der Waals surface area (Å²) < 4.78 is 20.3. The molecule has 0 unspecified atom stereocenters. The summed E-state index contributed by atoms with van der Waals surface area (Å²) in [5.74, 6) is 1.12. The number of benzene rings is 2. The van der Waals surface area contributed by atoms with E-state index in [0.29, 0.717) is 18.8 Å². The third-order valence-corrected chi connectivity index (χ3v) is 4.76. The van der Waals surface area contributed by atoms with E-state index in [1.807, 2.05) is 12.1 Å². The quantitative estimate of drug-likeness (QED) is 0.547. The zero-order valence-electron chi connectivity index (χ0n) is 13.5. The average Bonchev–Trinajstić information content (AvgIpc) is 3.18. The molecule has 4 aromatic rings. The van der Waals surface area contributed by atoms with E-state index in [0.717, 1.165) is 15.8 Å². The molecule has 0 aliphatic carbocycles. The molecule has 0 bridgehead atoms. The second-order valence-corrected chi connectivity index (χ2v) is 6.69. The third-order valence-electron chi connectivity index (χ3n) is 3.88. The van der Waals surface area contributed by atoms with Gasteiger partial charge in [0.05, 0.1) is 0 Å². The summed E-state index contributed by atoms with van der Waals surface area (Å²) in [5, 5.41) is 13.8. The highest BCUT2D eigenvalue weighted by Crippen LogP contribution is 2.19. The van der Waals surface area contributed by atoms with Crippen molar-refractivity contribution in [2.24, 2.45) is 0 Å². The zero-order valence-corrected chi connectivity index (χ0v) is 14.3. The molecule has 0 spiro atoms. The SMILES string of the molecule is Cc1ccccc1Cc1nnc2sc(COc3ccc(F)cc3)nn12. The summed E-state index contributed by atoms with van der Waals surface area (Å²) in [6, 6.07) is 14.1. The minimum absolute atomic E-state index is 0.285. The lowest BCUT2D eigenvalue weighted by atomic mass is 10.1. The van der Waals surface area contributed by atoms with Gasteiger partial charge in [-0.15, -0.1) is 10.2 Å². The van der Waals surface area contributed by atoms with Gasteiger partial charge < -0.3 is 4.74 Å². The molecule has 25 heavy (non-hydrogen) atoms. The molecule has 2 heterocycles. The van der Waals surface area contributed by atoms with Gasteiger partial charge >= 0.3 is 0 Å². The lowest BCUT2D eigenvalue weighted by molar-refractivity contribution is 0.303. The molecular formula is C18H15FN4OS. The van der Waals surface area contributed by atoms with Gasteiger partial charge in [0.15, 0.2) is 10.8 Å². The van der Waals surface area contributed by atoms with Gasteiger partial charge in [-0.3, -0.25) is 0 Å². The Hall–Kier alpha value is -2.80. The van der Waals surface area contributed by atoms with E-state index < -0.39 is 0 Å². The van der Waals surface area contributed by atoms with Crippen LogP contribution in [0.1, 0.15) is 22.0 Å². The second-order valence-electron chi connectivity index (χ2n) is 5.65. The van der Waals surface area contributed by atoms with Crippen molar-refractivity contribution >= 4 is 16.3 Å². The first-order chi connectivity index (χ1) is 12.2. The van der Waals surface area contributed by atoms with Gasteiger partial charge in [-0.25, -0.2) is 4.39 Å². The summed E-state index contributed by atoms with van der Waals surface area (Å²) in [5.41, 5.74) is 2.42. The molecule has 0 amide bonds. The van der Waals surface area contributed by atoms with Gasteiger partial charge in [0.1, 0.15) is 18.2 Å². The van der Waals surface area contributed by atoms with E-state index in [-0.39, 0.29) is 5.82 Å². The first-order valence-electron chi connectivity index (χ1n) is 7.82. The molecule has 0 aliphatic rings. The van der Waals surface area contributed by atoms with E-state index in [1.54, 1.807) is 16.6 Å². The van der Waals surface area contributed by atoms with Gasteiger partial charge in [-0.2, -0.15) is 9.61 Å². The van der Waals surface area contributed by atoms with Crippen molar-refractivity contribution < 1.29 is 9.13 Å². The topological polar surface area (TPSA) is 52.3 Å². The van der Waals surface area contributed by atoms with Crippen molar-refractivity contribution in [1.82, 2.24) is 19.8 Å². The van der Waals surface area contributed by atoms with Crippen LogP contribution in [0.2, 0.25) is 0 Å². The van der Waals surface area contributed by atoms with Crippen molar-refractivity contribution in [2.45, 2.75) is 20.0 Å². The number of halogens is 1. The molecule has 0 aliphatic heterocycles. The smallest absolute Gasteiger partial charge is 0.234 e. The number of aryl methyl sites for hydroxylation is 1. The number of nitrogens with zero attached hydrogens (tertiary/aromatic N) is 4. The molecule has 2 aromatic heterocycles. The van der Waals surface area contributed by atoms with Gasteiger partial charge in [0.2, 0.25) is 4.96 Å². The van der Waals surface area contributed by atoms with Crippen LogP contribution >= 0.6 is 11.3 Å². The Bertz CT molecular complexity index is 1010. The van der Waals surface area contributed by atoms with E-state index in [9.17, 15) is 4.39 Å². The molecule has 0 N–H and O–H groups in total. The Balaban J connectivity index is 1.52. The fourth-order valence-electron chi connectivity index (χ4n) is 2.52. The molecule has 0 atom stereocenters. The van der Waals surface area contributed by atoms with Crippen LogP contribution in [-0.2, 0) is 13.0 Å². The number of hydrogen-bond donors (Lipinski definition) is 0. The summed E-state index contributed by atoms with van der Waals surface area (Å²) in [7, 11) is 0. The second kappa shape index (κ2) is 6.60. The maximum absolute atomic E-state index is 12.9. The maximum atomic E-state index is 12.9. The molecule has 4 rings (SSSR count). The molecule has 7 heteroatoms. The molecule has 126 valence electrons. The molecule has 2 aromatic carbocycles. The predicted molar refractivity (Wildman–Crippen MR) is 93.4 cm³/mol. The van der Waals surface area contributed by atoms with Gasteiger partial charge in [0.25, 0.3) is 0 Å². The molecule has 0 saturated heterocycles. The van der Waals surface area contributed by atoms with Crippen LogP contribution in [0.15, 0.2) is 48.5 Å². The van der Waals surface area contributed by atoms with E-state index in [4.69, 9.17) is 4.74 Å². The standard InChI is InChI=1S/C18H15FN4OS/c1-12-4-2-3-5-13(12)10-16-20-21-18-23(16)22-17(25-18)11-24-15-8-6-14(19)7-9-15/h2-9H,10-11H2,1H3. The van der Waals surface area contributed by atoms with Crippen LogP contribution in [0, 0.1) is 12.7 Å². The Kier molecular flexibility index (Phi) is 4.15. The van der Waals surface area contributed by atoms with Gasteiger partial charge in [0, 0.05) is 6.42 Å². The van der Waals surface area contributed by atoms with Crippen LogP contribution in [0.4, 0.5) is 4.39 Å². The molecular weight excluding hydrogens is 339 g/mol. The Labute approximate surface area is 147 Å². The van der Waals surface area contributed by atoms with Crippen molar-refractivity contribution in [2.75, 3.05) is 0 Å². The van der Waals surface area contributed by atoms with Crippen molar-refractivity contribution in [3.05, 3.63) is 76.3 Å². The number of aromatic nitrogens is 4. The summed E-state index contributed by atoms with van der Waals surface area (Å²) in [6.07, 6.45) is 0.676. The minimum atomic E-state index is -0.285. The lowest BCUT2D eigenvalue weighted by Crippen LogP contribution is -2.01. The van der Waals surface area contributed by atoms with Crippen LogP contribution in [-0.4, -0.2) is 19.8 Å². The Morgan fingerprint density at radius 3 is 2.68 bits per heavy atom. The average molecular weight is 354 g/mol. The van der Waals surface area contributed by atoms with Crippen molar-refractivity contribution in [3.63, 3.8) is 0 Å². The Morgan fingerprint density at radius 2 is 1.88 bits per heavy atom. The zero-order chi connectivity index (χ0) is 17.2. The van der Waals surface area contributed by atoms with Crippen molar-refractivity contribution in [1.29, 1.82) is 0 Å². The van der Waals surface area contributed by atoms with E-state index >= 15 is 0 Å². The highest BCUT2D eigenvalue weighted by Gasteiger charge is 2.13. The number of hydrogen-bond acceptors (Lipinski definition) is 5. The monoisotopic (exact) mass is 354 g/mol. The van der Waals surface area contributed by atoms with E-state index in [1.165, 1.54) is 34.6 Å². The van der Waals surface area contributed by atoms with E-state index in [2.05, 4.69) is 34.4 Å². The van der Waals surface area contributed by atoms with Crippen LogP contribution < -0.4 is 4.74 Å². The van der Waals surface area contributed by atoms with Crippen LogP contribution in [0.5, 0.6) is 5.75 Å². The van der Waals surface area contributed by atoms with Crippen LogP contribution in [0.3, 0.4) is 0 Å². The largest absolute Gasteiger partial charge is 0.486 e. The molecule has 0 radical (unpaired) electrons. The number of rotatable bonds is 5. The highest BCUT2D eigenvalue weighted by atomic mass is 32.1. The summed E-state index contributed by atoms with van der Waals surface area (Å²) in [4.78, 5) is 0.737. The maximum Gasteiger partial charge on any atom is 0.234 e. The normalized spacial score (nSPS) is 11.1. The molecule has 0 saturated carbocycles. The lowest BCUT2D eigenvalue weighted by Gasteiger charge is -2.03. The predicted octanol–water partition coefficient (Wildman–Crippen LogP) is 3.80. The fraction of sp³-hybridized carbons (Fsp3) is 0.167.